The number of carbonyl (C=O) groups is 2. The van der Waals surface area contributed by atoms with Gasteiger partial charge >= 0.3 is 5.97 Å². The second-order valence-electron chi connectivity index (χ2n) is 4.51. The highest BCUT2D eigenvalue weighted by atomic mass is 16.4. The van der Waals surface area contributed by atoms with Gasteiger partial charge in [0.1, 0.15) is 0 Å². The summed E-state index contributed by atoms with van der Waals surface area (Å²) in [5.74, 6) is -0.455. The molecule has 0 aromatic heterocycles. The summed E-state index contributed by atoms with van der Waals surface area (Å²) in [7, 11) is 0. The van der Waals surface area contributed by atoms with Crippen LogP contribution in [-0.2, 0) is 9.59 Å². The Hall–Kier alpha value is -1.10. The van der Waals surface area contributed by atoms with Crippen LogP contribution in [0.2, 0.25) is 0 Å². The maximum atomic E-state index is 11.8. The molecule has 1 aliphatic heterocycles. The fourth-order valence-corrected chi connectivity index (χ4v) is 2.01. The third-order valence-corrected chi connectivity index (χ3v) is 3.14. The maximum Gasteiger partial charge on any atom is 0.303 e. The molecule has 5 nitrogen and oxygen atoms in total. The third kappa shape index (κ3) is 3.48. The van der Waals surface area contributed by atoms with E-state index in [0.717, 1.165) is 13.0 Å². The third-order valence-electron chi connectivity index (χ3n) is 3.14. The Morgan fingerprint density at radius 2 is 2.25 bits per heavy atom. The standard InChI is InChI=1S/C11H20N2O3/c1-8(6-12)11(16)13-5-4-9(7-13)2-3-10(14)15/h8-9H,2-7,12H2,1H3,(H,14,15). The summed E-state index contributed by atoms with van der Waals surface area (Å²) in [4.78, 5) is 24.0. The minimum absolute atomic E-state index is 0.0975. The van der Waals surface area contributed by atoms with Gasteiger partial charge in [-0.2, -0.15) is 0 Å². The number of carboxylic acids is 1. The topological polar surface area (TPSA) is 83.6 Å². The van der Waals surface area contributed by atoms with E-state index in [2.05, 4.69) is 0 Å². The average Bonchev–Trinajstić information content (AvgIpc) is 2.72. The van der Waals surface area contributed by atoms with Crippen molar-refractivity contribution in [3.63, 3.8) is 0 Å². The summed E-state index contributed by atoms with van der Waals surface area (Å²) in [5, 5.41) is 8.58. The molecule has 1 fully saturated rings. The molecule has 0 aromatic rings. The Bertz CT molecular complexity index is 268. The van der Waals surface area contributed by atoms with Crippen LogP contribution in [0.15, 0.2) is 0 Å². The van der Waals surface area contributed by atoms with Gasteiger partial charge in [0.2, 0.25) is 5.91 Å². The minimum atomic E-state index is -0.764. The van der Waals surface area contributed by atoms with Gasteiger partial charge in [0.15, 0.2) is 0 Å². The van der Waals surface area contributed by atoms with Crippen molar-refractivity contribution in [3.05, 3.63) is 0 Å². The number of nitrogens with zero attached hydrogens (tertiary/aromatic N) is 1. The zero-order valence-electron chi connectivity index (χ0n) is 9.69. The van der Waals surface area contributed by atoms with Crippen LogP contribution in [0, 0.1) is 11.8 Å². The molecule has 2 unspecified atom stereocenters. The number of rotatable bonds is 5. The molecule has 0 spiro atoms. The number of aliphatic carboxylic acids is 1. The second-order valence-corrected chi connectivity index (χ2v) is 4.51. The van der Waals surface area contributed by atoms with Gasteiger partial charge in [-0.3, -0.25) is 9.59 Å². The quantitative estimate of drug-likeness (QED) is 0.708. The first-order chi connectivity index (χ1) is 7.54. The number of likely N-dealkylation sites (tertiary alicyclic amines) is 1. The van der Waals surface area contributed by atoms with E-state index in [0.29, 0.717) is 25.4 Å². The van der Waals surface area contributed by atoms with Crippen LogP contribution in [0.25, 0.3) is 0 Å². The lowest BCUT2D eigenvalue weighted by Gasteiger charge is -2.19. The van der Waals surface area contributed by atoms with Crippen molar-refractivity contribution in [3.8, 4) is 0 Å². The average molecular weight is 228 g/mol. The molecule has 1 heterocycles. The van der Waals surface area contributed by atoms with E-state index < -0.39 is 5.97 Å². The number of amides is 1. The van der Waals surface area contributed by atoms with Crippen LogP contribution >= 0.6 is 0 Å². The van der Waals surface area contributed by atoms with Gasteiger partial charge in [-0.1, -0.05) is 6.92 Å². The molecular formula is C11H20N2O3. The van der Waals surface area contributed by atoms with Crippen LogP contribution in [0.1, 0.15) is 26.2 Å². The summed E-state index contributed by atoms with van der Waals surface area (Å²) < 4.78 is 0. The SMILES string of the molecule is CC(CN)C(=O)N1CCC(CCC(=O)O)C1. The van der Waals surface area contributed by atoms with Crippen LogP contribution in [0.4, 0.5) is 0 Å². The normalized spacial score (nSPS) is 22.1. The molecule has 1 aliphatic rings. The highest BCUT2D eigenvalue weighted by molar-refractivity contribution is 5.79. The lowest BCUT2D eigenvalue weighted by molar-refractivity contribution is -0.137. The van der Waals surface area contributed by atoms with E-state index in [1.54, 1.807) is 0 Å². The molecule has 0 aliphatic carbocycles. The lowest BCUT2D eigenvalue weighted by atomic mass is 10.0. The van der Waals surface area contributed by atoms with Gasteiger partial charge in [0.05, 0.1) is 0 Å². The number of hydrogen-bond acceptors (Lipinski definition) is 3. The van der Waals surface area contributed by atoms with E-state index >= 15 is 0 Å². The fourth-order valence-electron chi connectivity index (χ4n) is 2.01. The van der Waals surface area contributed by atoms with Crippen LogP contribution in [-0.4, -0.2) is 41.5 Å². The van der Waals surface area contributed by atoms with Gasteiger partial charge in [-0.25, -0.2) is 0 Å². The van der Waals surface area contributed by atoms with Crippen LogP contribution in [0.3, 0.4) is 0 Å². The fraction of sp³-hybridized carbons (Fsp3) is 0.818. The molecule has 16 heavy (non-hydrogen) atoms. The molecule has 1 amide bonds. The minimum Gasteiger partial charge on any atom is -0.481 e. The Morgan fingerprint density at radius 1 is 1.56 bits per heavy atom. The zero-order chi connectivity index (χ0) is 12.1. The predicted octanol–water partition coefficient (Wildman–Crippen LogP) is 0.295. The smallest absolute Gasteiger partial charge is 0.303 e. The zero-order valence-corrected chi connectivity index (χ0v) is 9.69. The molecule has 1 rings (SSSR count). The van der Waals surface area contributed by atoms with Crippen LogP contribution < -0.4 is 5.73 Å². The predicted molar refractivity (Wildman–Crippen MR) is 59.8 cm³/mol. The Kier molecular flexibility index (Phi) is 4.73. The first-order valence-electron chi connectivity index (χ1n) is 5.75. The summed E-state index contributed by atoms with van der Waals surface area (Å²) >= 11 is 0. The van der Waals surface area contributed by atoms with Gasteiger partial charge in [0.25, 0.3) is 0 Å². The Morgan fingerprint density at radius 3 is 2.81 bits per heavy atom. The van der Waals surface area contributed by atoms with E-state index in [1.807, 2.05) is 11.8 Å². The van der Waals surface area contributed by atoms with Crippen molar-refractivity contribution >= 4 is 11.9 Å². The van der Waals surface area contributed by atoms with Gasteiger partial charge in [-0.05, 0) is 18.8 Å². The molecule has 2 atom stereocenters. The van der Waals surface area contributed by atoms with Crippen molar-refractivity contribution < 1.29 is 14.7 Å². The van der Waals surface area contributed by atoms with Gasteiger partial charge in [0, 0.05) is 32.0 Å². The maximum absolute atomic E-state index is 11.8. The first kappa shape index (κ1) is 13.0. The first-order valence-corrected chi connectivity index (χ1v) is 5.75. The highest BCUT2D eigenvalue weighted by Crippen LogP contribution is 2.22. The summed E-state index contributed by atoms with van der Waals surface area (Å²) in [5.41, 5.74) is 5.45. The highest BCUT2D eigenvalue weighted by Gasteiger charge is 2.28. The molecule has 3 N–H and O–H groups in total. The van der Waals surface area contributed by atoms with Gasteiger partial charge < -0.3 is 15.7 Å². The van der Waals surface area contributed by atoms with Crippen molar-refractivity contribution in [2.24, 2.45) is 17.6 Å². The summed E-state index contributed by atoms with van der Waals surface area (Å²) in [6, 6.07) is 0. The van der Waals surface area contributed by atoms with Crippen LogP contribution in [0.5, 0.6) is 0 Å². The van der Waals surface area contributed by atoms with E-state index in [1.165, 1.54) is 0 Å². The number of nitrogens with two attached hydrogens (primary N) is 1. The number of carbonyl (C=O) groups excluding carboxylic acids is 1. The monoisotopic (exact) mass is 228 g/mol. The Balaban J connectivity index is 2.34. The van der Waals surface area contributed by atoms with E-state index in [-0.39, 0.29) is 18.2 Å². The molecule has 92 valence electrons. The summed E-state index contributed by atoms with van der Waals surface area (Å²) in [6.07, 6.45) is 1.77. The lowest BCUT2D eigenvalue weighted by Crippen LogP contribution is -2.36. The molecule has 0 saturated carbocycles. The number of hydrogen-bond donors (Lipinski definition) is 2. The van der Waals surface area contributed by atoms with Crippen molar-refractivity contribution in [2.75, 3.05) is 19.6 Å². The van der Waals surface area contributed by atoms with E-state index in [4.69, 9.17) is 10.8 Å². The molecule has 0 aromatic carbocycles. The molecule has 1 saturated heterocycles. The van der Waals surface area contributed by atoms with E-state index in [9.17, 15) is 9.59 Å². The molecule has 0 radical (unpaired) electrons. The number of carboxylic acid groups (broad SMARTS) is 1. The molecular weight excluding hydrogens is 208 g/mol. The molecule has 5 heteroatoms. The largest absolute Gasteiger partial charge is 0.481 e. The van der Waals surface area contributed by atoms with Gasteiger partial charge in [-0.15, -0.1) is 0 Å². The van der Waals surface area contributed by atoms with Crippen molar-refractivity contribution in [2.45, 2.75) is 26.2 Å². The van der Waals surface area contributed by atoms with Crippen molar-refractivity contribution in [1.82, 2.24) is 4.90 Å². The second kappa shape index (κ2) is 5.84. The van der Waals surface area contributed by atoms with Crippen molar-refractivity contribution in [1.29, 1.82) is 0 Å². The summed E-state index contributed by atoms with van der Waals surface area (Å²) in [6.45, 7) is 3.63. The Labute approximate surface area is 95.6 Å². The molecule has 0 bridgehead atoms.